The van der Waals surface area contributed by atoms with Crippen LogP contribution in [0.2, 0.25) is 0 Å². The Kier molecular flexibility index (Phi) is 5.76. The maximum Gasteiger partial charge on any atom is 0.323 e. The molecule has 0 saturated carbocycles. The van der Waals surface area contributed by atoms with Crippen LogP contribution in [0.3, 0.4) is 0 Å². The number of likely N-dealkylation sites (N-methyl/N-ethyl adjacent to an activating group) is 1. The van der Waals surface area contributed by atoms with Crippen LogP contribution in [0.4, 0.5) is 4.39 Å². The van der Waals surface area contributed by atoms with Gasteiger partial charge in [0, 0.05) is 6.07 Å². The fourth-order valence-electron chi connectivity index (χ4n) is 1.35. The smallest absolute Gasteiger partial charge is 0.323 e. The molecule has 0 aliphatic rings. The number of carbonyl (C=O) groups is 1. The van der Waals surface area contributed by atoms with Crippen LogP contribution in [0.1, 0.15) is 20.8 Å². The molecule has 4 nitrogen and oxygen atoms in total. The Morgan fingerprint density at radius 1 is 1.26 bits per heavy atom. The molecule has 0 amide bonds. The number of rotatable bonds is 6. The summed E-state index contributed by atoms with van der Waals surface area (Å²) in [7, 11) is 1.68. The maximum atomic E-state index is 13.0. The first-order valence-electron chi connectivity index (χ1n) is 6.24. The van der Waals surface area contributed by atoms with E-state index in [0.717, 1.165) is 0 Å². The Labute approximate surface area is 112 Å². The fourth-order valence-corrected chi connectivity index (χ4v) is 1.35. The molecule has 0 radical (unpaired) electrons. The number of halogens is 1. The predicted molar refractivity (Wildman–Crippen MR) is 70.6 cm³/mol. The van der Waals surface area contributed by atoms with E-state index in [0.29, 0.717) is 5.75 Å². The Balaban J connectivity index is 2.53. The van der Waals surface area contributed by atoms with Gasteiger partial charge in [0.2, 0.25) is 0 Å². The number of esters is 1. The fraction of sp³-hybridized carbons (Fsp3) is 0.500. The largest absolute Gasteiger partial charge is 0.487 e. The molecule has 0 aromatic heterocycles. The molecule has 5 heteroatoms. The summed E-state index contributed by atoms with van der Waals surface area (Å²) in [5.41, 5.74) is 0. The molecule has 0 unspecified atom stereocenters. The highest BCUT2D eigenvalue weighted by atomic mass is 19.1. The first-order chi connectivity index (χ1) is 8.93. The summed E-state index contributed by atoms with van der Waals surface area (Å²) < 4.78 is 23.8. The molecule has 1 N–H and O–H groups in total. The van der Waals surface area contributed by atoms with E-state index in [4.69, 9.17) is 9.47 Å². The van der Waals surface area contributed by atoms with Crippen molar-refractivity contribution in [2.45, 2.75) is 39.0 Å². The van der Waals surface area contributed by atoms with Gasteiger partial charge < -0.3 is 14.8 Å². The number of benzene rings is 1. The van der Waals surface area contributed by atoms with E-state index in [1.165, 1.54) is 12.1 Å². The van der Waals surface area contributed by atoms with Gasteiger partial charge in [-0.1, -0.05) is 6.07 Å². The van der Waals surface area contributed by atoms with Crippen LogP contribution in [-0.2, 0) is 9.53 Å². The maximum absolute atomic E-state index is 13.0. The molecular weight excluding hydrogens is 249 g/mol. The molecule has 106 valence electrons. The standard InChI is InChI=1S/C14H20FNO3/c1-9(16-4)14(17)19-11(3)10(2)18-13-7-5-6-12(15)8-13/h5-11,16H,1-4H3/t9-,10+,11-/m0/s1. The lowest BCUT2D eigenvalue weighted by molar-refractivity contribution is -0.154. The summed E-state index contributed by atoms with van der Waals surface area (Å²) in [6, 6.07) is 5.49. The molecule has 1 rings (SSSR count). The summed E-state index contributed by atoms with van der Waals surface area (Å²) in [5, 5.41) is 2.80. The molecule has 0 heterocycles. The number of ether oxygens (including phenoxy) is 2. The molecule has 0 bridgehead atoms. The SMILES string of the molecule is CN[C@@H](C)C(=O)O[C@@H](C)[C@@H](C)Oc1cccc(F)c1. The first kappa shape index (κ1) is 15.4. The number of hydrogen-bond donors (Lipinski definition) is 1. The molecule has 19 heavy (non-hydrogen) atoms. The molecule has 0 aliphatic carbocycles. The van der Waals surface area contributed by atoms with E-state index in [1.807, 2.05) is 0 Å². The predicted octanol–water partition coefficient (Wildman–Crippen LogP) is 2.13. The van der Waals surface area contributed by atoms with Gasteiger partial charge in [0.25, 0.3) is 0 Å². The van der Waals surface area contributed by atoms with Crippen molar-refractivity contribution in [2.24, 2.45) is 0 Å². The average Bonchev–Trinajstić information content (AvgIpc) is 2.37. The van der Waals surface area contributed by atoms with E-state index in [1.54, 1.807) is 40.0 Å². The van der Waals surface area contributed by atoms with E-state index >= 15 is 0 Å². The van der Waals surface area contributed by atoms with Crippen molar-refractivity contribution in [1.29, 1.82) is 0 Å². The molecule has 1 aromatic rings. The summed E-state index contributed by atoms with van der Waals surface area (Å²) in [6.45, 7) is 5.23. The normalized spacial score (nSPS) is 15.4. The minimum absolute atomic E-state index is 0.343. The van der Waals surface area contributed by atoms with Crippen molar-refractivity contribution in [3.8, 4) is 5.75 Å². The highest BCUT2D eigenvalue weighted by Crippen LogP contribution is 2.16. The Morgan fingerprint density at radius 3 is 2.53 bits per heavy atom. The zero-order valence-corrected chi connectivity index (χ0v) is 11.6. The lowest BCUT2D eigenvalue weighted by Gasteiger charge is -2.23. The summed E-state index contributed by atoms with van der Waals surface area (Å²) >= 11 is 0. The van der Waals surface area contributed by atoms with Crippen LogP contribution in [-0.4, -0.2) is 31.3 Å². The zero-order valence-electron chi connectivity index (χ0n) is 11.6. The van der Waals surface area contributed by atoms with Crippen LogP contribution in [0, 0.1) is 5.82 Å². The number of carbonyl (C=O) groups excluding carboxylic acids is 1. The second kappa shape index (κ2) is 7.09. The van der Waals surface area contributed by atoms with Crippen molar-refractivity contribution < 1.29 is 18.7 Å². The highest BCUT2D eigenvalue weighted by Gasteiger charge is 2.21. The van der Waals surface area contributed by atoms with Crippen LogP contribution in [0.25, 0.3) is 0 Å². The Morgan fingerprint density at radius 2 is 1.95 bits per heavy atom. The van der Waals surface area contributed by atoms with Crippen molar-refractivity contribution >= 4 is 5.97 Å². The second-order valence-electron chi connectivity index (χ2n) is 4.43. The molecule has 0 spiro atoms. The van der Waals surface area contributed by atoms with Gasteiger partial charge in [0.15, 0.2) is 0 Å². The zero-order chi connectivity index (χ0) is 14.4. The van der Waals surface area contributed by atoms with Crippen LogP contribution >= 0.6 is 0 Å². The molecular formula is C14H20FNO3. The summed E-state index contributed by atoms with van der Waals surface area (Å²) in [6.07, 6.45) is -0.790. The number of hydrogen-bond acceptors (Lipinski definition) is 4. The van der Waals surface area contributed by atoms with E-state index in [9.17, 15) is 9.18 Å². The monoisotopic (exact) mass is 269 g/mol. The van der Waals surface area contributed by atoms with Crippen molar-refractivity contribution in [1.82, 2.24) is 5.32 Å². The highest BCUT2D eigenvalue weighted by molar-refractivity contribution is 5.75. The third-order valence-corrected chi connectivity index (χ3v) is 2.87. The lowest BCUT2D eigenvalue weighted by atomic mass is 10.2. The Hall–Kier alpha value is -1.62. The number of nitrogens with one attached hydrogen (secondary N) is 1. The second-order valence-corrected chi connectivity index (χ2v) is 4.43. The van der Waals surface area contributed by atoms with Crippen LogP contribution in [0.5, 0.6) is 5.75 Å². The van der Waals surface area contributed by atoms with E-state index in [-0.39, 0.29) is 23.9 Å². The van der Waals surface area contributed by atoms with Gasteiger partial charge in [-0.05, 0) is 40.0 Å². The molecule has 3 atom stereocenters. The topological polar surface area (TPSA) is 47.6 Å². The average molecular weight is 269 g/mol. The lowest BCUT2D eigenvalue weighted by Crippen LogP contribution is -2.38. The van der Waals surface area contributed by atoms with Crippen molar-refractivity contribution in [3.05, 3.63) is 30.1 Å². The van der Waals surface area contributed by atoms with Gasteiger partial charge in [0.1, 0.15) is 29.8 Å². The molecule has 0 saturated heterocycles. The molecule has 1 aromatic carbocycles. The molecule has 0 aliphatic heterocycles. The van der Waals surface area contributed by atoms with E-state index in [2.05, 4.69) is 5.32 Å². The van der Waals surface area contributed by atoms with Crippen LogP contribution < -0.4 is 10.1 Å². The van der Waals surface area contributed by atoms with Crippen molar-refractivity contribution in [3.63, 3.8) is 0 Å². The van der Waals surface area contributed by atoms with Gasteiger partial charge >= 0.3 is 5.97 Å². The summed E-state index contributed by atoms with van der Waals surface area (Å²) in [4.78, 5) is 11.6. The first-order valence-corrected chi connectivity index (χ1v) is 6.24. The molecule has 0 fully saturated rings. The van der Waals surface area contributed by atoms with Crippen LogP contribution in [0.15, 0.2) is 24.3 Å². The summed E-state index contributed by atoms with van der Waals surface area (Å²) in [5.74, 6) is -0.292. The van der Waals surface area contributed by atoms with Gasteiger partial charge in [0.05, 0.1) is 0 Å². The minimum atomic E-state index is -0.424. The van der Waals surface area contributed by atoms with E-state index < -0.39 is 6.10 Å². The van der Waals surface area contributed by atoms with Gasteiger partial charge in [-0.2, -0.15) is 0 Å². The Bertz CT molecular complexity index is 425. The third-order valence-electron chi connectivity index (χ3n) is 2.87. The third kappa shape index (κ3) is 4.87. The van der Waals surface area contributed by atoms with Crippen molar-refractivity contribution in [2.75, 3.05) is 7.05 Å². The van der Waals surface area contributed by atoms with Gasteiger partial charge in [-0.25, -0.2) is 4.39 Å². The van der Waals surface area contributed by atoms with Gasteiger partial charge in [-0.15, -0.1) is 0 Å². The van der Waals surface area contributed by atoms with Gasteiger partial charge in [-0.3, -0.25) is 4.79 Å². The minimum Gasteiger partial charge on any atom is -0.487 e. The quantitative estimate of drug-likeness (QED) is 0.804.